The zero-order valence-electron chi connectivity index (χ0n) is 15.9. The van der Waals surface area contributed by atoms with Crippen molar-refractivity contribution >= 4 is 11.9 Å². The maximum Gasteiger partial charge on any atom is 0.314 e. The lowest BCUT2D eigenvalue weighted by molar-refractivity contribution is -0.165. The molecule has 2 rings (SSSR count). The van der Waals surface area contributed by atoms with E-state index in [-0.39, 0.29) is 23.9 Å². The van der Waals surface area contributed by atoms with Gasteiger partial charge in [0.2, 0.25) is 5.91 Å². The number of amides is 1. The van der Waals surface area contributed by atoms with E-state index in [1.165, 1.54) is 0 Å². The molecule has 2 atom stereocenters. The quantitative estimate of drug-likeness (QED) is 0.656. The lowest BCUT2D eigenvalue weighted by atomic mass is 9.78. The summed E-state index contributed by atoms with van der Waals surface area (Å²) in [4.78, 5) is 27.2. The van der Waals surface area contributed by atoms with Gasteiger partial charge < -0.3 is 19.1 Å². The van der Waals surface area contributed by atoms with Crippen LogP contribution in [0.1, 0.15) is 52.4 Å². The van der Waals surface area contributed by atoms with Gasteiger partial charge in [0.15, 0.2) is 0 Å². The van der Waals surface area contributed by atoms with Crippen molar-refractivity contribution in [3.8, 4) is 0 Å². The number of hydrogen-bond donors (Lipinski definition) is 0. The average Bonchev–Trinajstić information content (AvgIpc) is 2.63. The highest BCUT2D eigenvalue weighted by Crippen LogP contribution is 2.35. The molecule has 2 aliphatic heterocycles. The molecule has 2 aliphatic rings. The standard InChI is InChI=1S/C19H33NO5/c1-4-6-16-13-15(7-12-25-16)17(21)20-10-8-19(9-11-20,14-23-3)18(22)24-5-2/h15-16H,4-14H2,1-3H3/t15-,16-/m0/s1. The van der Waals surface area contributed by atoms with Crippen LogP contribution < -0.4 is 0 Å². The molecule has 0 aromatic carbocycles. The van der Waals surface area contributed by atoms with Crippen LogP contribution in [-0.2, 0) is 23.8 Å². The summed E-state index contributed by atoms with van der Waals surface area (Å²) in [6.45, 7) is 6.54. The van der Waals surface area contributed by atoms with Crippen molar-refractivity contribution in [2.24, 2.45) is 11.3 Å². The van der Waals surface area contributed by atoms with Crippen molar-refractivity contribution in [3.63, 3.8) is 0 Å². The van der Waals surface area contributed by atoms with Gasteiger partial charge in [-0.15, -0.1) is 0 Å². The van der Waals surface area contributed by atoms with Crippen LogP contribution in [-0.4, -0.2) is 62.9 Å². The fourth-order valence-electron chi connectivity index (χ4n) is 4.01. The smallest absolute Gasteiger partial charge is 0.314 e. The fourth-order valence-corrected chi connectivity index (χ4v) is 4.01. The molecule has 2 heterocycles. The summed E-state index contributed by atoms with van der Waals surface area (Å²) < 4.78 is 16.3. The van der Waals surface area contributed by atoms with Gasteiger partial charge in [-0.05, 0) is 39.0 Å². The van der Waals surface area contributed by atoms with Gasteiger partial charge in [0.1, 0.15) is 0 Å². The third-order valence-electron chi connectivity index (χ3n) is 5.49. The molecule has 0 radical (unpaired) electrons. The minimum atomic E-state index is -0.609. The lowest BCUT2D eigenvalue weighted by Crippen LogP contribution is -2.51. The second-order valence-electron chi connectivity index (χ2n) is 7.26. The second kappa shape index (κ2) is 9.53. The second-order valence-corrected chi connectivity index (χ2v) is 7.26. The number of ether oxygens (including phenoxy) is 3. The van der Waals surface area contributed by atoms with E-state index in [1.807, 2.05) is 11.8 Å². The van der Waals surface area contributed by atoms with E-state index < -0.39 is 5.41 Å². The van der Waals surface area contributed by atoms with Gasteiger partial charge in [-0.2, -0.15) is 0 Å². The molecular formula is C19H33NO5. The normalized spacial score (nSPS) is 26.3. The first-order valence-electron chi connectivity index (χ1n) is 9.62. The van der Waals surface area contributed by atoms with E-state index in [0.717, 1.165) is 25.7 Å². The van der Waals surface area contributed by atoms with Gasteiger partial charge in [0.05, 0.1) is 24.7 Å². The van der Waals surface area contributed by atoms with Gasteiger partial charge >= 0.3 is 5.97 Å². The highest BCUT2D eigenvalue weighted by atomic mass is 16.5. The average molecular weight is 355 g/mol. The van der Waals surface area contributed by atoms with Crippen LogP contribution in [0.25, 0.3) is 0 Å². The van der Waals surface area contributed by atoms with Crippen molar-refractivity contribution in [1.82, 2.24) is 4.90 Å². The molecule has 0 bridgehead atoms. The minimum absolute atomic E-state index is 0.0582. The lowest BCUT2D eigenvalue weighted by Gasteiger charge is -2.41. The molecule has 2 fully saturated rings. The van der Waals surface area contributed by atoms with Gasteiger partial charge in [-0.3, -0.25) is 9.59 Å². The van der Waals surface area contributed by atoms with Crippen LogP contribution in [0.4, 0.5) is 0 Å². The van der Waals surface area contributed by atoms with Crippen molar-refractivity contribution < 1.29 is 23.8 Å². The Labute approximate surface area is 151 Å². The summed E-state index contributed by atoms with van der Waals surface area (Å²) in [5, 5.41) is 0. The molecular weight excluding hydrogens is 322 g/mol. The fraction of sp³-hybridized carbons (Fsp3) is 0.895. The predicted octanol–water partition coefficient (Wildman–Crippen LogP) is 2.40. The molecule has 144 valence electrons. The number of esters is 1. The van der Waals surface area contributed by atoms with Gasteiger partial charge in [0.25, 0.3) is 0 Å². The molecule has 0 unspecified atom stereocenters. The van der Waals surface area contributed by atoms with Crippen molar-refractivity contribution in [2.45, 2.75) is 58.5 Å². The van der Waals surface area contributed by atoms with Crippen LogP contribution >= 0.6 is 0 Å². The topological polar surface area (TPSA) is 65.1 Å². The van der Waals surface area contributed by atoms with Gasteiger partial charge in [-0.1, -0.05) is 13.3 Å². The molecule has 0 N–H and O–H groups in total. The first kappa shape index (κ1) is 20.2. The monoisotopic (exact) mass is 355 g/mol. The van der Waals surface area contributed by atoms with E-state index in [1.54, 1.807) is 7.11 Å². The number of hydrogen-bond acceptors (Lipinski definition) is 5. The van der Waals surface area contributed by atoms with Crippen molar-refractivity contribution in [2.75, 3.05) is 40.0 Å². The first-order chi connectivity index (χ1) is 12.1. The largest absolute Gasteiger partial charge is 0.465 e. The van der Waals surface area contributed by atoms with Crippen LogP contribution in [0, 0.1) is 11.3 Å². The molecule has 0 aromatic heterocycles. The molecule has 0 aromatic rings. The van der Waals surface area contributed by atoms with Crippen LogP contribution in [0.2, 0.25) is 0 Å². The molecule has 0 aliphatic carbocycles. The van der Waals surface area contributed by atoms with Crippen molar-refractivity contribution in [3.05, 3.63) is 0 Å². The highest BCUT2D eigenvalue weighted by Gasteiger charge is 2.44. The Bertz CT molecular complexity index is 443. The highest BCUT2D eigenvalue weighted by molar-refractivity contribution is 5.81. The maximum atomic E-state index is 12.9. The SMILES string of the molecule is CCC[C@H]1C[C@@H](C(=O)N2CCC(COC)(C(=O)OCC)CC2)CCO1. The number of carbonyl (C=O) groups excluding carboxylic acids is 2. The van der Waals surface area contributed by atoms with Crippen LogP contribution in [0.3, 0.4) is 0 Å². The Balaban J connectivity index is 1.93. The van der Waals surface area contributed by atoms with Crippen LogP contribution in [0.5, 0.6) is 0 Å². The summed E-state index contributed by atoms with van der Waals surface area (Å²) >= 11 is 0. The third kappa shape index (κ3) is 4.94. The number of methoxy groups -OCH3 is 1. The maximum absolute atomic E-state index is 12.9. The van der Waals surface area contributed by atoms with Gasteiger partial charge in [0, 0.05) is 32.7 Å². The van der Waals surface area contributed by atoms with E-state index in [9.17, 15) is 9.59 Å². The summed E-state index contributed by atoms with van der Waals surface area (Å²) in [5.74, 6) is 0.0834. The minimum Gasteiger partial charge on any atom is -0.465 e. The number of carbonyl (C=O) groups is 2. The Kier molecular flexibility index (Phi) is 7.69. The number of piperidine rings is 1. The Morgan fingerprint density at radius 2 is 1.96 bits per heavy atom. The summed E-state index contributed by atoms with van der Waals surface area (Å²) in [7, 11) is 1.61. The van der Waals surface area contributed by atoms with E-state index in [2.05, 4.69) is 6.92 Å². The Morgan fingerprint density at radius 3 is 2.56 bits per heavy atom. The molecule has 0 spiro atoms. The van der Waals surface area contributed by atoms with E-state index in [4.69, 9.17) is 14.2 Å². The Hall–Kier alpha value is -1.14. The zero-order chi connectivity index (χ0) is 18.3. The molecule has 0 saturated carbocycles. The zero-order valence-corrected chi connectivity index (χ0v) is 15.9. The van der Waals surface area contributed by atoms with E-state index in [0.29, 0.717) is 45.8 Å². The predicted molar refractivity (Wildman–Crippen MR) is 94.1 cm³/mol. The molecule has 6 heteroatoms. The van der Waals surface area contributed by atoms with Gasteiger partial charge in [-0.25, -0.2) is 0 Å². The van der Waals surface area contributed by atoms with Crippen molar-refractivity contribution in [1.29, 1.82) is 0 Å². The summed E-state index contributed by atoms with van der Waals surface area (Å²) in [6, 6.07) is 0. The van der Waals surface area contributed by atoms with Crippen LogP contribution in [0.15, 0.2) is 0 Å². The number of likely N-dealkylation sites (tertiary alicyclic amines) is 1. The molecule has 6 nitrogen and oxygen atoms in total. The number of rotatable bonds is 7. The molecule has 2 saturated heterocycles. The first-order valence-corrected chi connectivity index (χ1v) is 9.62. The van der Waals surface area contributed by atoms with E-state index >= 15 is 0 Å². The third-order valence-corrected chi connectivity index (χ3v) is 5.49. The summed E-state index contributed by atoms with van der Waals surface area (Å²) in [6.07, 6.45) is 5.14. The molecule has 25 heavy (non-hydrogen) atoms. The molecule has 1 amide bonds. The Morgan fingerprint density at radius 1 is 1.24 bits per heavy atom. The number of nitrogens with zero attached hydrogens (tertiary/aromatic N) is 1. The summed E-state index contributed by atoms with van der Waals surface area (Å²) in [5.41, 5.74) is -0.609.